The Labute approximate surface area is 122 Å². The molecule has 1 saturated heterocycles. The maximum absolute atomic E-state index is 11.6. The second kappa shape index (κ2) is 5.90. The van der Waals surface area contributed by atoms with E-state index in [0.717, 1.165) is 5.56 Å². The number of sulfone groups is 1. The topological polar surface area (TPSA) is 98.0 Å². The van der Waals surface area contributed by atoms with Crippen molar-refractivity contribution in [2.24, 2.45) is 0 Å². The quantitative estimate of drug-likeness (QED) is 0.848. The molecule has 1 aliphatic heterocycles. The molecule has 0 saturated carbocycles. The van der Waals surface area contributed by atoms with Crippen molar-refractivity contribution >= 4 is 9.84 Å². The Kier molecular flexibility index (Phi) is 3.98. The molecule has 7 nitrogen and oxygen atoms in total. The third-order valence-corrected chi connectivity index (χ3v) is 5.08. The first-order chi connectivity index (χ1) is 10.1. The number of hydrogen-bond acceptors (Lipinski definition) is 7. The Balaban J connectivity index is 1.63. The highest BCUT2D eigenvalue weighted by Gasteiger charge is 2.26. The molecule has 0 bridgehead atoms. The van der Waals surface area contributed by atoms with Gasteiger partial charge < -0.3 is 9.84 Å². The molecule has 1 fully saturated rings. The van der Waals surface area contributed by atoms with E-state index in [4.69, 9.17) is 4.52 Å². The van der Waals surface area contributed by atoms with Crippen LogP contribution in [0.2, 0.25) is 0 Å². The van der Waals surface area contributed by atoms with Gasteiger partial charge in [0.15, 0.2) is 15.7 Å². The molecule has 0 radical (unpaired) electrons. The summed E-state index contributed by atoms with van der Waals surface area (Å²) < 4.78 is 28.4. The Morgan fingerprint density at radius 2 is 2.14 bits per heavy atom. The molecule has 21 heavy (non-hydrogen) atoms. The average Bonchev–Trinajstić information content (AvgIpc) is 2.86. The lowest BCUT2D eigenvalue weighted by Crippen LogP contribution is -2.46. The molecular weight excluding hydrogens is 292 g/mol. The fourth-order valence-corrected chi connectivity index (χ4v) is 3.78. The van der Waals surface area contributed by atoms with Crippen LogP contribution in [0.5, 0.6) is 0 Å². The van der Waals surface area contributed by atoms with Gasteiger partial charge in [-0.2, -0.15) is 4.98 Å². The normalized spacial score (nSPS) is 21.2. The van der Waals surface area contributed by atoms with Crippen LogP contribution in [0.15, 0.2) is 29.0 Å². The molecule has 1 N–H and O–H groups in total. The van der Waals surface area contributed by atoms with Gasteiger partial charge in [-0.3, -0.25) is 4.98 Å². The van der Waals surface area contributed by atoms with Crippen molar-refractivity contribution in [1.29, 1.82) is 0 Å². The van der Waals surface area contributed by atoms with E-state index in [0.29, 0.717) is 31.1 Å². The summed E-state index contributed by atoms with van der Waals surface area (Å²) in [4.78, 5) is 8.27. The minimum absolute atomic E-state index is 0.120. The SMILES string of the molecule is O=S1(=O)CCNC(Cc2nc(Cc3ccncc3)no2)C1. The van der Waals surface area contributed by atoms with Crippen molar-refractivity contribution in [2.75, 3.05) is 18.1 Å². The molecule has 0 amide bonds. The molecule has 8 heteroatoms. The Morgan fingerprint density at radius 1 is 1.33 bits per heavy atom. The van der Waals surface area contributed by atoms with E-state index < -0.39 is 9.84 Å². The van der Waals surface area contributed by atoms with Crippen LogP contribution >= 0.6 is 0 Å². The Hall–Kier alpha value is -1.80. The number of nitrogens with one attached hydrogen (secondary N) is 1. The summed E-state index contributed by atoms with van der Waals surface area (Å²) >= 11 is 0. The maximum Gasteiger partial charge on any atom is 0.228 e. The zero-order valence-corrected chi connectivity index (χ0v) is 12.2. The van der Waals surface area contributed by atoms with Crippen LogP contribution in [-0.2, 0) is 22.7 Å². The standard InChI is InChI=1S/C13H16N4O3S/c18-21(19)6-5-15-11(9-21)8-13-16-12(17-20-13)7-10-1-3-14-4-2-10/h1-4,11,15H,5-9H2. The highest BCUT2D eigenvalue weighted by Crippen LogP contribution is 2.10. The Morgan fingerprint density at radius 3 is 2.90 bits per heavy atom. The van der Waals surface area contributed by atoms with Crippen molar-refractivity contribution in [1.82, 2.24) is 20.4 Å². The molecule has 0 aromatic carbocycles. The molecule has 1 unspecified atom stereocenters. The summed E-state index contributed by atoms with van der Waals surface area (Å²) in [5.74, 6) is 1.37. The monoisotopic (exact) mass is 308 g/mol. The lowest BCUT2D eigenvalue weighted by atomic mass is 10.2. The highest BCUT2D eigenvalue weighted by atomic mass is 32.2. The first-order valence-corrected chi connectivity index (χ1v) is 8.57. The van der Waals surface area contributed by atoms with Gasteiger partial charge in [-0.1, -0.05) is 5.16 Å². The molecule has 112 valence electrons. The summed E-state index contributed by atoms with van der Waals surface area (Å²) in [6.45, 7) is 0.477. The van der Waals surface area contributed by atoms with E-state index in [-0.39, 0.29) is 17.5 Å². The zero-order valence-electron chi connectivity index (χ0n) is 11.4. The number of pyridine rings is 1. The van der Waals surface area contributed by atoms with Crippen molar-refractivity contribution in [3.05, 3.63) is 41.8 Å². The van der Waals surface area contributed by atoms with Gasteiger partial charge in [-0.05, 0) is 17.7 Å². The van der Waals surface area contributed by atoms with Crippen LogP contribution in [0.3, 0.4) is 0 Å². The second-order valence-corrected chi connectivity index (χ2v) is 7.33. The van der Waals surface area contributed by atoms with Gasteiger partial charge in [0.25, 0.3) is 0 Å². The van der Waals surface area contributed by atoms with Gasteiger partial charge in [0.2, 0.25) is 5.89 Å². The summed E-state index contributed by atoms with van der Waals surface area (Å²) in [5, 5.41) is 7.10. The van der Waals surface area contributed by atoms with E-state index in [1.54, 1.807) is 12.4 Å². The molecule has 1 aliphatic rings. The van der Waals surface area contributed by atoms with Gasteiger partial charge in [0, 0.05) is 37.8 Å². The van der Waals surface area contributed by atoms with Gasteiger partial charge in [0.1, 0.15) is 0 Å². The summed E-state index contributed by atoms with van der Waals surface area (Å²) in [6, 6.07) is 3.63. The summed E-state index contributed by atoms with van der Waals surface area (Å²) in [7, 11) is -2.95. The van der Waals surface area contributed by atoms with Gasteiger partial charge >= 0.3 is 0 Å². The van der Waals surface area contributed by atoms with Crippen LogP contribution in [0.25, 0.3) is 0 Å². The van der Waals surface area contributed by atoms with E-state index in [1.807, 2.05) is 12.1 Å². The van der Waals surface area contributed by atoms with E-state index in [1.165, 1.54) is 0 Å². The summed E-state index contributed by atoms with van der Waals surface area (Å²) in [6.07, 6.45) is 4.44. The lowest BCUT2D eigenvalue weighted by molar-refractivity contribution is 0.357. The van der Waals surface area contributed by atoms with Crippen LogP contribution in [-0.4, -0.2) is 47.6 Å². The first kappa shape index (κ1) is 14.2. The number of hydrogen-bond donors (Lipinski definition) is 1. The number of nitrogens with zero attached hydrogens (tertiary/aromatic N) is 3. The minimum Gasteiger partial charge on any atom is -0.339 e. The minimum atomic E-state index is -2.95. The van der Waals surface area contributed by atoms with Crippen LogP contribution < -0.4 is 5.32 Å². The summed E-state index contributed by atoms with van der Waals surface area (Å²) in [5.41, 5.74) is 1.05. The van der Waals surface area contributed by atoms with Crippen LogP contribution in [0.1, 0.15) is 17.3 Å². The van der Waals surface area contributed by atoms with E-state index in [2.05, 4.69) is 20.4 Å². The predicted molar refractivity (Wildman–Crippen MR) is 75.5 cm³/mol. The third kappa shape index (κ3) is 3.85. The highest BCUT2D eigenvalue weighted by molar-refractivity contribution is 7.91. The molecule has 2 aromatic rings. The first-order valence-electron chi connectivity index (χ1n) is 6.75. The van der Waals surface area contributed by atoms with Crippen LogP contribution in [0.4, 0.5) is 0 Å². The largest absolute Gasteiger partial charge is 0.339 e. The van der Waals surface area contributed by atoms with Gasteiger partial charge in [0.05, 0.1) is 11.5 Å². The molecule has 1 atom stereocenters. The van der Waals surface area contributed by atoms with Crippen LogP contribution in [0, 0.1) is 0 Å². The third-order valence-electron chi connectivity index (χ3n) is 3.34. The van der Waals surface area contributed by atoms with Crippen molar-refractivity contribution in [2.45, 2.75) is 18.9 Å². The molecular formula is C13H16N4O3S. The molecule has 0 aliphatic carbocycles. The van der Waals surface area contributed by atoms with Crippen molar-refractivity contribution < 1.29 is 12.9 Å². The molecule has 0 spiro atoms. The zero-order chi connectivity index (χ0) is 14.7. The van der Waals surface area contributed by atoms with Crippen molar-refractivity contribution in [3.8, 4) is 0 Å². The molecule has 3 rings (SSSR count). The molecule has 3 heterocycles. The smallest absolute Gasteiger partial charge is 0.228 e. The lowest BCUT2D eigenvalue weighted by Gasteiger charge is -2.21. The number of rotatable bonds is 4. The van der Waals surface area contributed by atoms with E-state index >= 15 is 0 Å². The average molecular weight is 308 g/mol. The molecule has 2 aromatic heterocycles. The fourth-order valence-electron chi connectivity index (χ4n) is 2.34. The van der Waals surface area contributed by atoms with Gasteiger partial charge in [-0.25, -0.2) is 8.42 Å². The number of aromatic nitrogens is 3. The van der Waals surface area contributed by atoms with Gasteiger partial charge in [-0.15, -0.1) is 0 Å². The Bertz CT molecular complexity index is 699. The fraction of sp³-hybridized carbons (Fsp3) is 0.462. The van der Waals surface area contributed by atoms with Crippen molar-refractivity contribution in [3.63, 3.8) is 0 Å². The second-order valence-electron chi connectivity index (χ2n) is 5.11. The predicted octanol–water partition coefficient (Wildman–Crippen LogP) is -0.0155. The van der Waals surface area contributed by atoms with E-state index in [9.17, 15) is 8.42 Å². The maximum atomic E-state index is 11.6.